The van der Waals surface area contributed by atoms with Gasteiger partial charge in [-0.3, -0.25) is 0 Å². The van der Waals surface area contributed by atoms with Crippen molar-refractivity contribution in [3.63, 3.8) is 0 Å². The number of rotatable bonds is 2. The summed E-state index contributed by atoms with van der Waals surface area (Å²) >= 11 is 0. The summed E-state index contributed by atoms with van der Waals surface area (Å²) in [5.74, 6) is 0.621. The van der Waals surface area contributed by atoms with Crippen molar-refractivity contribution in [1.82, 2.24) is 5.32 Å². The highest BCUT2D eigenvalue weighted by Crippen LogP contribution is 2.33. The topological polar surface area (TPSA) is 15.3 Å². The molecule has 20 heavy (non-hydrogen) atoms. The predicted octanol–water partition coefficient (Wildman–Crippen LogP) is 3.92. The summed E-state index contributed by atoms with van der Waals surface area (Å²) in [6.45, 7) is 8.08. The van der Waals surface area contributed by atoms with Crippen molar-refractivity contribution >= 4 is 5.69 Å². The second-order valence-corrected chi connectivity index (χ2v) is 6.94. The second-order valence-electron chi connectivity index (χ2n) is 6.94. The molecule has 1 N–H and O–H groups in total. The molecular weight excluding hydrogens is 244 g/mol. The summed E-state index contributed by atoms with van der Waals surface area (Å²) in [5, 5.41) is 3.84. The molecule has 110 valence electrons. The Labute approximate surface area is 123 Å². The molecule has 1 aliphatic carbocycles. The zero-order valence-corrected chi connectivity index (χ0v) is 13.0. The van der Waals surface area contributed by atoms with Gasteiger partial charge in [-0.05, 0) is 49.4 Å². The van der Waals surface area contributed by atoms with Crippen molar-refractivity contribution < 1.29 is 0 Å². The fourth-order valence-electron chi connectivity index (χ4n) is 3.80. The Kier molecular flexibility index (Phi) is 4.02. The first-order chi connectivity index (χ1) is 9.69. The Hall–Kier alpha value is -1.02. The molecule has 1 aliphatic heterocycles. The average Bonchev–Trinajstić information content (AvgIpc) is 2.80. The number of nitrogens with zero attached hydrogens (tertiary/aromatic N) is 1. The molecule has 1 spiro atoms. The maximum atomic E-state index is 3.84. The molecule has 1 saturated heterocycles. The predicted molar refractivity (Wildman–Crippen MR) is 86.6 cm³/mol. The highest BCUT2D eigenvalue weighted by Gasteiger charge is 2.36. The quantitative estimate of drug-likeness (QED) is 0.877. The van der Waals surface area contributed by atoms with E-state index in [4.69, 9.17) is 0 Å². The monoisotopic (exact) mass is 272 g/mol. The van der Waals surface area contributed by atoms with Crippen LogP contribution in [0.15, 0.2) is 24.3 Å². The van der Waals surface area contributed by atoms with Crippen molar-refractivity contribution in [1.29, 1.82) is 0 Å². The lowest BCUT2D eigenvalue weighted by Gasteiger charge is -2.34. The zero-order valence-electron chi connectivity index (χ0n) is 13.0. The van der Waals surface area contributed by atoms with E-state index >= 15 is 0 Å². The van der Waals surface area contributed by atoms with Gasteiger partial charge in [0, 0.05) is 24.3 Å². The van der Waals surface area contributed by atoms with Crippen LogP contribution >= 0.6 is 0 Å². The number of anilines is 1. The summed E-state index contributed by atoms with van der Waals surface area (Å²) in [7, 11) is 0. The van der Waals surface area contributed by atoms with E-state index in [-0.39, 0.29) is 0 Å². The minimum atomic E-state index is 0.396. The zero-order chi connectivity index (χ0) is 14.0. The summed E-state index contributed by atoms with van der Waals surface area (Å²) in [6.07, 6.45) is 6.76. The molecule has 0 bridgehead atoms. The summed E-state index contributed by atoms with van der Waals surface area (Å²) in [6, 6.07) is 9.26. The van der Waals surface area contributed by atoms with Crippen LogP contribution in [0.2, 0.25) is 0 Å². The van der Waals surface area contributed by atoms with Crippen LogP contribution in [0.25, 0.3) is 0 Å². The van der Waals surface area contributed by atoms with Gasteiger partial charge in [-0.1, -0.05) is 38.8 Å². The van der Waals surface area contributed by atoms with Crippen molar-refractivity contribution in [3.05, 3.63) is 29.8 Å². The van der Waals surface area contributed by atoms with E-state index in [2.05, 4.69) is 48.3 Å². The van der Waals surface area contributed by atoms with Crippen LogP contribution in [0, 0.1) is 0 Å². The normalized spacial score (nSPS) is 22.4. The number of hydrogen-bond donors (Lipinski definition) is 1. The minimum absolute atomic E-state index is 0.396. The van der Waals surface area contributed by atoms with Crippen LogP contribution in [-0.2, 0) is 0 Å². The van der Waals surface area contributed by atoms with E-state index in [1.54, 1.807) is 0 Å². The third-order valence-corrected chi connectivity index (χ3v) is 5.08. The lowest BCUT2D eigenvalue weighted by molar-refractivity contribution is 0.354. The van der Waals surface area contributed by atoms with Crippen molar-refractivity contribution in [2.24, 2.45) is 0 Å². The summed E-state index contributed by atoms with van der Waals surface area (Å²) < 4.78 is 0. The fourth-order valence-corrected chi connectivity index (χ4v) is 3.80. The van der Waals surface area contributed by atoms with Crippen LogP contribution in [-0.4, -0.2) is 25.2 Å². The largest absolute Gasteiger partial charge is 0.370 e. The molecule has 0 radical (unpaired) electrons. The molecule has 2 heteroatoms. The van der Waals surface area contributed by atoms with Crippen molar-refractivity contribution in [2.75, 3.05) is 24.5 Å². The van der Waals surface area contributed by atoms with Crippen molar-refractivity contribution in [2.45, 2.75) is 57.4 Å². The minimum Gasteiger partial charge on any atom is -0.370 e. The molecule has 0 aromatic heterocycles. The van der Waals surface area contributed by atoms with E-state index in [9.17, 15) is 0 Å². The Balaban J connectivity index is 1.77. The van der Waals surface area contributed by atoms with E-state index in [1.807, 2.05) is 0 Å². The third kappa shape index (κ3) is 2.85. The van der Waals surface area contributed by atoms with Gasteiger partial charge in [0.2, 0.25) is 0 Å². The molecule has 0 amide bonds. The van der Waals surface area contributed by atoms with Crippen molar-refractivity contribution in [3.8, 4) is 0 Å². The maximum absolute atomic E-state index is 3.84. The molecule has 3 rings (SSSR count). The molecule has 1 heterocycles. The Morgan fingerprint density at radius 1 is 1.05 bits per heavy atom. The lowest BCUT2D eigenvalue weighted by Crippen LogP contribution is -2.49. The van der Waals surface area contributed by atoms with Gasteiger partial charge >= 0.3 is 0 Å². The maximum Gasteiger partial charge on any atom is 0.0367 e. The highest BCUT2D eigenvalue weighted by atomic mass is 15.2. The standard InChI is InChI=1S/C18H28N2/c1-15(2)16-6-8-17(9-7-16)20-13-5-12-19-18(14-20)10-3-4-11-18/h6-9,15,19H,3-5,10-14H2,1-2H3. The third-order valence-electron chi connectivity index (χ3n) is 5.08. The smallest absolute Gasteiger partial charge is 0.0367 e. The van der Waals surface area contributed by atoms with Gasteiger partial charge in [0.15, 0.2) is 0 Å². The number of hydrogen-bond acceptors (Lipinski definition) is 2. The Morgan fingerprint density at radius 3 is 2.40 bits per heavy atom. The molecule has 1 aromatic carbocycles. The van der Waals surface area contributed by atoms with Crippen LogP contribution in [0.1, 0.15) is 57.4 Å². The first-order valence-corrected chi connectivity index (χ1v) is 8.29. The van der Waals surface area contributed by atoms with Gasteiger partial charge in [0.05, 0.1) is 0 Å². The second kappa shape index (κ2) is 5.77. The first kappa shape index (κ1) is 13.9. The lowest BCUT2D eigenvalue weighted by atomic mass is 9.96. The van der Waals surface area contributed by atoms with E-state index in [0.717, 1.165) is 0 Å². The first-order valence-electron chi connectivity index (χ1n) is 8.29. The van der Waals surface area contributed by atoms with Crippen LogP contribution < -0.4 is 10.2 Å². The molecule has 0 atom stereocenters. The van der Waals surface area contributed by atoms with Gasteiger partial charge in [0.1, 0.15) is 0 Å². The van der Waals surface area contributed by atoms with Gasteiger partial charge < -0.3 is 10.2 Å². The van der Waals surface area contributed by atoms with Gasteiger partial charge in [-0.2, -0.15) is 0 Å². The van der Waals surface area contributed by atoms with E-state index in [1.165, 1.54) is 63.0 Å². The Morgan fingerprint density at radius 2 is 1.75 bits per heavy atom. The number of benzene rings is 1. The Bertz CT molecular complexity index is 429. The average molecular weight is 272 g/mol. The van der Waals surface area contributed by atoms with Crippen LogP contribution in [0.5, 0.6) is 0 Å². The number of nitrogens with one attached hydrogen (secondary N) is 1. The fraction of sp³-hybridized carbons (Fsp3) is 0.667. The van der Waals surface area contributed by atoms with E-state index < -0.39 is 0 Å². The molecular formula is C18H28N2. The molecule has 2 aliphatic rings. The molecule has 2 fully saturated rings. The molecule has 1 aromatic rings. The van der Waals surface area contributed by atoms with Gasteiger partial charge in [-0.25, -0.2) is 0 Å². The molecule has 0 unspecified atom stereocenters. The molecule has 1 saturated carbocycles. The summed E-state index contributed by atoms with van der Waals surface area (Å²) in [4.78, 5) is 2.61. The van der Waals surface area contributed by atoms with Gasteiger partial charge in [-0.15, -0.1) is 0 Å². The summed E-state index contributed by atoms with van der Waals surface area (Å²) in [5.41, 5.74) is 3.24. The van der Waals surface area contributed by atoms with Gasteiger partial charge in [0.25, 0.3) is 0 Å². The van der Waals surface area contributed by atoms with E-state index in [0.29, 0.717) is 11.5 Å². The van der Waals surface area contributed by atoms with Crippen LogP contribution in [0.4, 0.5) is 5.69 Å². The SMILES string of the molecule is CC(C)c1ccc(N2CCCNC3(CCCC3)C2)cc1. The van der Waals surface area contributed by atoms with Crippen LogP contribution in [0.3, 0.4) is 0 Å². The highest BCUT2D eigenvalue weighted by molar-refractivity contribution is 5.49. The molecule has 2 nitrogen and oxygen atoms in total.